The van der Waals surface area contributed by atoms with Gasteiger partial charge >= 0.3 is 12.1 Å². The van der Waals surface area contributed by atoms with Crippen molar-refractivity contribution in [2.45, 2.75) is 57.9 Å². The Labute approximate surface area is 216 Å². The normalized spacial score (nSPS) is 24.8. The zero-order valence-electron chi connectivity index (χ0n) is 21.0. The molecule has 5 atom stereocenters. The fraction of sp³-hybridized carbons (Fsp3) is 0.538. The molecule has 5 rings (SSSR count). The highest BCUT2D eigenvalue weighted by Gasteiger charge is 2.79. The van der Waals surface area contributed by atoms with Crippen molar-refractivity contribution in [3.8, 4) is 6.07 Å². The van der Waals surface area contributed by atoms with Gasteiger partial charge in [-0.05, 0) is 35.5 Å². The Bertz CT molecular complexity index is 1360. The maximum absolute atomic E-state index is 13.7. The predicted octanol–water partition coefficient (Wildman–Crippen LogP) is 2.64. The molecule has 0 radical (unpaired) electrons. The van der Waals surface area contributed by atoms with Gasteiger partial charge in [-0.1, -0.05) is 45.0 Å². The quantitative estimate of drug-likeness (QED) is 0.614. The van der Waals surface area contributed by atoms with Crippen LogP contribution >= 0.6 is 0 Å². The van der Waals surface area contributed by atoms with Gasteiger partial charge in [-0.15, -0.1) is 0 Å². The molecule has 1 aromatic heterocycles. The molecule has 38 heavy (non-hydrogen) atoms. The molecule has 1 unspecified atom stereocenters. The molecule has 2 aliphatic carbocycles. The van der Waals surface area contributed by atoms with Crippen molar-refractivity contribution in [2.75, 3.05) is 6.54 Å². The highest BCUT2D eigenvalue weighted by atomic mass is 19.4. The number of benzene rings is 1. The molecule has 3 aliphatic rings. The third kappa shape index (κ3) is 4.23. The molecule has 3 fully saturated rings. The molecule has 9 nitrogen and oxygen atoms in total. The van der Waals surface area contributed by atoms with E-state index < -0.39 is 47.4 Å². The molecular weight excluding hydrogens is 501 g/mol. The van der Waals surface area contributed by atoms with Crippen molar-refractivity contribution in [1.29, 1.82) is 5.26 Å². The van der Waals surface area contributed by atoms with Gasteiger partial charge in [0.25, 0.3) is 0 Å². The number of aromatic nitrogens is 2. The third-order valence-corrected chi connectivity index (χ3v) is 8.11. The number of halogens is 3. The molecule has 2 aromatic rings. The Morgan fingerprint density at radius 2 is 1.84 bits per heavy atom. The maximum Gasteiger partial charge on any atom is 0.471 e. The van der Waals surface area contributed by atoms with Crippen molar-refractivity contribution in [3.05, 3.63) is 36.2 Å². The van der Waals surface area contributed by atoms with Gasteiger partial charge < -0.3 is 15.5 Å². The van der Waals surface area contributed by atoms with Crippen molar-refractivity contribution < 1.29 is 27.6 Å². The third-order valence-electron chi connectivity index (χ3n) is 8.11. The molecular formula is C26H27F3N6O3. The second-order valence-corrected chi connectivity index (χ2v) is 11.5. The molecule has 2 heterocycles. The molecule has 2 saturated carbocycles. The van der Waals surface area contributed by atoms with E-state index in [-0.39, 0.29) is 29.5 Å². The van der Waals surface area contributed by atoms with Crippen LogP contribution in [0.3, 0.4) is 0 Å². The Balaban J connectivity index is 1.42. The Kier molecular flexibility index (Phi) is 5.89. The number of nitriles is 1. The summed E-state index contributed by atoms with van der Waals surface area (Å²) in [7, 11) is 0. The van der Waals surface area contributed by atoms with Crippen LogP contribution in [0.5, 0.6) is 0 Å². The number of rotatable bonds is 5. The minimum Gasteiger partial charge on any atom is -0.336 e. The molecule has 2 N–H and O–H groups in total. The Hall–Kier alpha value is -3.75. The summed E-state index contributed by atoms with van der Waals surface area (Å²) in [5.41, 5.74) is -0.836. The SMILES string of the molecule is CC(C)(C)[C@H](NC(=O)C(F)(F)F)C(=O)N1C[C@H]2[C@@H]([C@H]1C(=O)NC(C#N)c1nncc3ccccc13)C21CC1. The van der Waals surface area contributed by atoms with Gasteiger partial charge in [0.1, 0.15) is 17.8 Å². The smallest absolute Gasteiger partial charge is 0.336 e. The summed E-state index contributed by atoms with van der Waals surface area (Å²) in [6, 6.07) is 5.55. The largest absolute Gasteiger partial charge is 0.471 e. The molecule has 12 heteroatoms. The number of amides is 3. The number of hydrogen-bond donors (Lipinski definition) is 2. The van der Waals surface area contributed by atoms with Crippen molar-refractivity contribution in [2.24, 2.45) is 22.7 Å². The van der Waals surface area contributed by atoms with E-state index >= 15 is 0 Å². The van der Waals surface area contributed by atoms with Crippen LogP contribution in [0, 0.1) is 34.0 Å². The van der Waals surface area contributed by atoms with Gasteiger partial charge in [0, 0.05) is 17.3 Å². The van der Waals surface area contributed by atoms with E-state index in [2.05, 4.69) is 15.5 Å². The molecule has 3 amide bonds. The summed E-state index contributed by atoms with van der Waals surface area (Å²) >= 11 is 0. The standard InChI is InChI=1S/C26H27F3N6O3/c1-24(2,3)20(33-23(38)26(27,28)29)22(37)35-12-15-17(25(15)8-9-25)19(35)21(36)32-16(10-30)18-14-7-5-4-6-13(14)11-31-34-18/h4-7,11,15-17,19-20H,8-9,12H2,1-3H3,(H,32,36)(H,33,38)/t15-,16?,17-,19-,20+/m0/s1. The minimum atomic E-state index is -5.16. The summed E-state index contributed by atoms with van der Waals surface area (Å²) in [6.07, 6.45) is -1.79. The summed E-state index contributed by atoms with van der Waals surface area (Å²) in [5, 5.41) is 23.8. The number of carbonyl (C=O) groups excluding carboxylic acids is 3. The van der Waals surface area contributed by atoms with Gasteiger partial charge in [0.05, 0.1) is 12.3 Å². The Morgan fingerprint density at radius 1 is 1.16 bits per heavy atom. The van der Waals surface area contributed by atoms with Crippen LogP contribution in [0.4, 0.5) is 13.2 Å². The first-order valence-corrected chi connectivity index (χ1v) is 12.4. The molecule has 1 spiro atoms. The van der Waals surface area contributed by atoms with Crippen LogP contribution in [0.2, 0.25) is 0 Å². The average molecular weight is 529 g/mol. The first-order valence-electron chi connectivity index (χ1n) is 12.4. The van der Waals surface area contributed by atoms with Crippen LogP contribution in [0.1, 0.15) is 45.3 Å². The summed E-state index contributed by atoms with van der Waals surface area (Å²) in [5.74, 6) is -3.64. The van der Waals surface area contributed by atoms with E-state index in [1.807, 2.05) is 11.4 Å². The lowest BCUT2D eigenvalue weighted by molar-refractivity contribution is -0.176. The second-order valence-electron chi connectivity index (χ2n) is 11.5. The fourth-order valence-corrected chi connectivity index (χ4v) is 6.02. The van der Waals surface area contributed by atoms with E-state index in [0.717, 1.165) is 18.2 Å². The van der Waals surface area contributed by atoms with Crippen LogP contribution in [0.25, 0.3) is 10.8 Å². The van der Waals surface area contributed by atoms with Gasteiger partial charge in [-0.3, -0.25) is 14.4 Å². The first-order chi connectivity index (χ1) is 17.8. The average Bonchev–Trinajstić information content (AvgIpc) is 3.71. The van der Waals surface area contributed by atoms with Crippen LogP contribution in [-0.2, 0) is 14.4 Å². The van der Waals surface area contributed by atoms with Gasteiger partial charge in [-0.2, -0.15) is 28.6 Å². The number of likely N-dealkylation sites (tertiary alicyclic amines) is 1. The molecule has 1 aliphatic heterocycles. The maximum atomic E-state index is 13.7. The number of carbonyl (C=O) groups is 3. The second kappa shape index (κ2) is 8.64. The van der Waals surface area contributed by atoms with Gasteiger partial charge in [-0.25, -0.2) is 0 Å². The minimum absolute atomic E-state index is 0.0351. The van der Waals surface area contributed by atoms with E-state index in [1.165, 1.54) is 4.90 Å². The highest BCUT2D eigenvalue weighted by Crippen LogP contribution is 2.78. The van der Waals surface area contributed by atoms with Crippen molar-refractivity contribution in [1.82, 2.24) is 25.7 Å². The molecule has 1 aromatic carbocycles. The van der Waals surface area contributed by atoms with Crippen LogP contribution in [-0.4, -0.2) is 57.6 Å². The highest BCUT2D eigenvalue weighted by molar-refractivity contribution is 5.95. The number of piperidine rings is 1. The topological polar surface area (TPSA) is 128 Å². The predicted molar refractivity (Wildman–Crippen MR) is 128 cm³/mol. The van der Waals surface area contributed by atoms with E-state index in [9.17, 15) is 32.8 Å². The first kappa shape index (κ1) is 25.9. The lowest BCUT2D eigenvalue weighted by Gasteiger charge is -2.37. The zero-order valence-corrected chi connectivity index (χ0v) is 21.0. The number of nitrogens with zero attached hydrogens (tertiary/aromatic N) is 4. The van der Waals surface area contributed by atoms with Crippen molar-refractivity contribution in [3.63, 3.8) is 0 Å². The summed E-state index contributed by atoms with van der Waals surface area (Å²) in [6.45, 7) is 4.85. The lowest BCUT2D eigenvalue weighted by Crippen LogP contribution is -2.60. The zero-order chi connectivity index (χ0) is 27.6. The molecule has 1 saturated heterocycles. The van der Waals surface area contributed by atoms with Crippen LogP contribution in [0.15, 0.2) is 30.5 Å². The number of alkyl halides is 3. The lowest BCUT2D eigenvalue weighted by atomic mass is 9.85. The van der Waals surface area contributed by atoms with E-state index in [4.69, 9.17) is 0 Å². The van der Waals surface area contributed by atoms with Crippen LogP contribution < -0.4 is 10.6 Å². The monoisotopic (exact) mass is 528 g/mol. The van der Waals surface area contributed by atoms with Crippen molar-refractivity contribution >= 4 is 28.5 Å². The fourth-order valence-electron chi connectivity index (χ4n) is 6.02. The Morgan fingerprint density at radius 3 is 2.45 bits per heavy atom. The summed E-state index contributed by atoms with van der Waals surface area (Å²) in [4.78, 5) is 40.4. The number of nitrogens with one attached hydrogen (secondary N) is 2. The summed E-state index contributed by atoms with van der Waals surface area (Å²) < 4.78 is 39.1. The van der Waals surface area contributed by atoms with Gasteiger partial charge in [0.15, 0.2) is 6.04 Å². The number of fused-ring (bicyclic) bond motifs is 4. The van der Waals surface area contributed by atoms with E-state index in [0.29, 0.717) is 5.39 Å². The van der Waals surface area contributed by atoms with E-state index in [1.54, 1.807) is 51.2 Å². The number of hydrogen-bond acceptors (Lipinski definition) is 6. The van der Waals surface area contributed by atoms with Gasteiger partial charge in [0.2, 0.25) is 11.8 Å². The molecule has 200 valence electrons. The molecule has 0 bridgehead atoms.